The first kappa shape index (κ1) is 17.3. The zero-order valence-electron chi connectivity index (χ0n) is 11.4. The third kappa shape index (κ3) is 3.87. The molecule has 1 aromatic rings. The molecule has 0 saturated carbocycles. The van der Waals surface area contributed by atoms with Crippen LogP contribution in [0.15, 0.2) is 22.7 Å². The standard InChI is InChI=1S/C14H19BrN2O2.ClH/c1-9(16)10-4-6-17(7-5-10)14(19)12-8-11(15)2-3-13(12)18;/h2-3,8-10,18H,4-7,16H2,1H3;1H. The number of carbonyl (C=O) groups is 1. The van der Waals surface area contributed by atoms with E-state index in [4.69, 9.17) is 5.73 Å². The number of hydrogen-bond donors (Lipinski definition) is 2. The summed E-state index contributed by atoms with van der Waals surface area (Å²) in [5.41, 5.74) is 6.25. The van der Waals surface area contributed by atoms with Crippen molar-refractivity contribution in [1.29, 1.82) is 0 Å². The Morgan fingerprint density at radius 3 is 2.60 bits per heavy atom. The third-order valence-electron chi connectivity index (χ3n) is 3.76. The molecular weight excluding hydrogens is 344 g/mol. The third-order valence-corrected chi connectivity index (χ3v) is 4.25. The maximum atomic E-state index is 12.4. The molecule has 1 saturated heterocycles. The molecule has 1 aliphatic heterocycles. The van der Waals surface area contributed by atoms with Gasteiger partial charge in [0.05, 0.1) is 5.56 Å². The lowest BCUT2D eigenvalue weighted by Gasteiger charge is -2.33. The van der Waals surface area contributed by atoms with E-state index in [1.807, 2.05) is 6.92 Å². The second-order valence-electron chi connectivity index (χ2n) is 5.15. The predicted molar refractivity (Wildman–Crippen MR) is 85.3 cm³/mol. The molecule has 0 radical (unpaired) electrons. The number of rotatable bonds is 2. The Labute approximate surface area is 133 Å². The van der Waals surface area contributed by atoms with E-state index in [1.165, 1.54) is 6.07 Å². The Morgan fingerprint density at radius 2 is 2.05 bits per heavy atom. The van der Waals surface area contributed by atoms with Gasteiger partial charge in [-0.15, -0.1) is 12.4 Å². The summed E-state index contributed by atoms with van der Waals surface area (Å²) in [7, 11) is 0. The molecule has 3 N–H and O–H groups in total. The molecule has 1 fully saturated rings. The van der Waals surface area contributed by atoms with Crippen LogP contribution in [-0.2, 0) is 0 Å². The van der Waals surface area contributed by atoms with E-state index in [-0.39, 0.29) is 30.1 Å². The fourth-order valence-corrected chi connectivity index (χ4v) is 2.84. The van der Waals surface area contributed by atoms with Gasteiger partial charge >= 0.3 is 0 Å². The molecule has 4 nitrogen and oxygen atoms in total. The van der Waals surface area contributed by atoms with Gasteiger partial charge in [0.15, 0.2) is 0 Å². The molecule has 0 spiro atoms. The van der Waals surface area contributed by atoms with Gasteiger partial charge in [-0.25, -0.2) is 0 Å². The van der Waals surface area contributed by atoms with Crippen molar-refractivity contribution in [2.75, 3.05) is 13.1 Å². The Bertz CT molecular complexity index is 474. The van der Waals surface area contributed by atoms with Crippen LogP contribution in [-0.4, -0.2) is 35.0 Å². The lowest BCUT2D eigenvalue weighted by Crippen LogP contribution is -2.42. The van der Waals surface area contributed by atoms with Gasteiger partial charge in [0, 0.05) is 23.6 Å². The molecule has 1 heterocycles. The Morgan fingerprint density at radius 1 is 1.45 bits per heavy atom. The van der Waals surface area contributed by atoms with Gasteiger partial charge in [0.25, 0.3) is 5.91 Å². The molecule has 6 heteroatoms. The van der Waals surface area contributed by atoms with Crippen molar-refractivity contribution in [3.8, 4) is 5.75 Å². The van der Waals surface area contributed by atoms with Crippen LogP contribution in [0.2, 0.25) is 0 Å². The SMILES string of the molecule is CC(N)C1CCN(C(=O)c2cc(Br)ccc2O)CC1.Cl. The van der Waals surface area contributed by atoms with Crippen LogP contribution in [0.4, 0.5) is 0 Å². The molecule has 0 aliphatic carbocycles. The van der Waals surface area contributed by atoms with E-state index in [9.17, 15) is 9.90 Å². The number of likely N-dealkylation sites (tertiary alicyclic amines) is 1. The highest BCUT2D eigenvalue weighted by atomic mass is 79.9. The van der Waals surface area contributed by atoms with Gasteiger partial charge in [-0.05, 0) is 43.9 Å². The van der Waals surface area contributed by atoms with Gasteiger partial charge < -0.3 is 15.7 Å². The number of nitrogens with two attached hydrogens (primary N) is 1. The maximum absolute atomic E-state index is 12.4. The van der Waals surface area contributed by atoms with E-state index in [2.05, 4.69) is 15.9 Å². The Hall–Kier alpha value is -0.780. The summed E-state index contributed by atoms with van der Waals surface area (Å²) >= 11 is 3.32. The average molecular weight is 364 g/mol. The van der Waals surface area contributed by atoms with E-state index < -0.39 is 0 Å². The average Bonchev–Trinajstić information content (AvgIpc) is 2.41. The van der Waals surface area contributed by atoms with Crippen molar-refractivity contribution in [2.45, 2.75) is 25.8 Å². The van der Waals surface area contributed by atoms with Gasteiger partial charge in [-0.2, -0.15) is 0 Å². The highest BCUT2D eigenvalue weighted by Crippen LogP contribution is 2.26. The Kier molecular flexibility index (Phi) is 6.30. The van der Waals surface area contributed by atoms with Crippen molar-refractivity contribution in [2.24, 2.45) is 11.7 Å². The van der Waals surface area contributed by atoms with Crippen LogP contribution in [0.1, 0.15) is 30.1 Å². The highest BCUT2D eigenvalue weighted by molar-refractivity contribution is 9.10. The van der Waals surface area contributed by atoms with Crippen molar-refractivity contribution in [3.63, 3.8) is 0 Å². The van der Waals surface area contributed by atoms with Crippen LogP contribution in [0.25, 0.3) is 0 Å². The second-order valence-corrected chi connectivity index (χ2v) is 6.07. The lowest BCUT2D eigenvalue weighted by molar-refractivity contribution is 0.0678. The van der Waals surface area contributed by atoms with Crippen LogP contribution in [0.3, 0.4) is 0 Å². The summed E-state index contributed by atoms with van der Waals surface area (Å²) < 4.78 is 0.791. The summed E-state index contributed by atoms with van der Waals surface area (Å²) in [4.78, 5) is 14.2. The van der Waals surface area contributed by atoms with Crippen molar-refractivity contribution in [3.05, 3.63) is 28.2 Å². The van der Waals surface area contributed by atoms with Crippen molar-refractivity contribution in [1.82, 2.24) is 4.90 Å². The summed E-state index contributed by atoms with van der Waals surface area (Å²) in [6.07, 6.45) is 1.86. The second kappa shape index (κ2) is 7.29. The van der Waals surface area contributed by atoms with E-state index in [0.29, 0.717) is 24.6 Å². The van der Waals surface area contributed by atoms with Gasteiger partial charge in [-0.3, -0.25) is 4.79 Å². The van der Waals surface area contributed by atoms with Crippen molar-refractivity contribution < 1.29 is 9.90 Å². The number of piperidine rings is 1. The monoisotopic (exact) mass is 362 g/mol. The number of halogens is 2. The number of aromatic hydroxyl groups is 1. The molecule has 2 rings (SSSR count). The first-order valence-electron chi connectivity index (χ1n) is 6.52. The molecule has 1 atom stereocenters. The fourth-order valence-electron chi connectivity index (χ4n) is 2.48. The molecule has 1 aromatic carbocycles. The number of amides is 1. The number of phenols is 1. The van der Waals surface area contributed by atoms with Crippen LogP contribution >= 0.6 is 28.3 Å². The quantitative estimate of drug-likeness (QED) is 0.849. The molecule has 112 valence electrons. The smallest absolute Gasteiger partial charge is 0.257 e. The summed E-state index contributed by atoms with van der Waals surface area (Å²) in [6, 6.07) is 5.09. The molecule has 20 heavy (non-hydrogen) atoms. The number of hydrogen-bond acceptors (Lipinski definition) is 3. The molecule has 1 aliphatic rings. The van der Waals surface area contributed by atoms with Crippen molar-refractivity contribution >= 4 is 34.2 Å². The molecule has 1 unspecified atom stereocenters. The molecule has 0 aromatic heterocycles. The van der Waals surface area contributed by atoms with Gasteiger partial charge in [-0.1, -0.05) is 15.9 Å². The zero-order valence-corrected chi connectivity index (χ0v) is 13.8. The number of carbonyl (C=O) groups excluding carboxylic acids is 1. The normalized spacial score (nSPS) is 17.4. The van der Waals surface area contributed by atoms with Crippen LogP contribution < -0.4 is 5.73 Å². The number of phenolic OH excluding ortho intramolecular Hbond substituents is 1. The topological polar surface area (TPSA) is 66.6 Å². The zero-order chi connectivity index (χ0) is 14.0. The predicted octanol–water partition coefficient (Wildman–Crippen LogP) is 2.78. The largest absolute Gasteiger partial charge is 0.507 e. The summed E-state index contributed by atoms with van der Waals surface area (Å²) in [5, 5.41) is 9.79. The minimum absolute atomic E-state index is 0. The Balaban J connectivity index is 0.00000200. The lowest BCUT2D eigenvalue weighted by atomic mass is 9.90. The molecule has 1 amide bonds. The van der Waals surface area contributed by atoms with E-state index in [1.54, 1.807) is 17.0 Å². The summed E-state index contributed by atoms with van der Waals surface area (Å²) in [5.74, 6) is 0.407. The highest BCUT2D eigenvalue weighted by Gasteiger charge is 2.26. The van der Waals surface area contributed by atoms with Crippen LogP contribution in [0.5, 0.6) is 5.75 Å². The number of benzene rings is 1. The minimum atomic E-state index is -0.109. The van der Waals surface area contributed by atoms with E-state index >= 15 is 0 Å². The fraction of sp³-hybridized carbons (Fsp3) is 0.500. The van der Waals surface area contributed by atoms with Crippen LogP contribution in [0, 0.1) is 5.92 Å². The minimum Gasteiger partial charge on any atom is -0.507 e. The maximum Gasteiger partial charge on any atom is 0.257 e. The number of nitrogens with zero attached hydrogens (tertiary/aromatic N) is 1. The summed E-state index contributed by atoms with van der Waals surface area (Å²) in [6.45, 7) is 3.43. The molecule has 0 bridgehead atoms. The van der Waals surface area contributed by atoms with E-state index in [0.717, 1.165) is 17.3 Å². The molecular formula is C14H20BrClN2O2. The van der Waals surface area contributed by atoms with Gasteiger partial charge in [0.2, 0.25) is 0 Å². The first-order chi connectivity index (χ1) is 8.99. The van der Waals surface area contributed by atoms with Gasteiger partial charge in [0.1, 0.15) is 5.75 Å². The first-order valence-corrected chi connectivity index (χ1v) is 7.31.